The van der Waals surface area contributed by atoms with Gasteiger partial charge in [0, 0.05) is 18.6 Å². The molecule has 1 saturated heterocycles. The highest BCUT2D eigenvalue weighted by Crippen LogP contribution is 2.25. The number of hydrogen-bond acceptors (Lipinski definition) is 2. The number of rotatable bonds is 4. The smallest absolute Gasteiger partial charge is 0.0768 e. The molecular formula is C14H26N2. The first-order chi connectivity index (χ1) is 7.51. The molecule has 1 aliphatic heterocycles. The average molecular weight is 222 g/mol. The van der Waals surface area contributed by atoms with Gasteiger partial charge in [-0.1, -0.05) is 12.8 Å². The van der Waals surface area contributed by atoms with Crippen molar-refractivity contribution in [2.24, 2.45) is 0 Å². The van der Waals surface area contributed by atoms with Crippen LogP contribution in [0, 0.1) is 12.3 Å². The van der Waals surface area contributed by atoms with E-state index in [0.717, 1.165) is 13.1 Å². The molecule has 0 aromatic rings. The van der Waals surface area contributed by atoms with Crippen LogP contribution in [0.15, 0.2) is 0 Å². The maximum absolute atomic E-state index is 5.61. The highest BCUT2D eigenvalue weighted by molar-refractivity contribution is 5.10. The van der Waals surface area contributed by atoms with Crippen LogP contribution in [-0.2, 0) is 0 Å². The van der Waals surface area contributed by atoms with Gasteiger partial charge < -0.3 is 5.32 Å². The first kappa shape index (κ1) is 13.5. The molecule has 0 spiro atoms. The Morgan fingerprint density at radius 3 is 2.69 bits per heavy atom. The standard InChI is InChI=1S/C14H26N2/c1-6-9-15-13-8-10-16(12(3)11-13)14(4,5)7-2/h2,12-13,15H,6,8-11H2,1,3-5H3. The van der Waals surface area contributed by atoms with E-state index in [1.807, 2.05) is 0 Å². The number of likely N-dealkylation sites (tertiary alicyclic amines) is 1. The molecule has 2 unspecified atom stereocenters. The van der Waals surface area contributed by atoms with Crippen LogP contribution in [0.5, 0.6) is 0 Å². The van der Waals surface area contributed by atoms with Crippen LogP contribution < -0.4 is 5.32 Å². The molecule has 0 bridgehead atoms. The SMILES string of the molecule is C#CC(C)(C)N1CCC(NCCC)CC1C. The fourth-order valence-corrected chi connectivity index (χ4v) is 2.62. The van der Waals surface area contributed by atoms with Crippen LogP contribution in [-0.4, -0.2) is 35.6 Å². The summed E-state index contributed by atoms with van der Waals surface area (Å²) in [6, 6.07) is 1.26. The first-order valence-electron chi connectivity index (χ1n) is 6.49. The number of nitrogens with one attached hydrogen (secondary N) is 1. The van der Waals surface area contributed by atoms with Crippen molar-refractivity contribution >= 4 is 0 Å². The summed E-state index contributed by atoms with van der Waals surface area (Å²) in [4.78, 5) is 2.46. The molecule has 0 aliphatic carbocycles. The van der Waals surface area contributed by atoms with Gasteiger partial charge in [-0.2, -0.15) is 0 Å². The fraction of sp³-hybridized carbons (Fsp3) is 0.857. The maximum Gasteiger partial charge on any atom is 0.0768 e. The topological polar surface area (TPSA) is 15.3 Å². The van der Waals surface area contributed by atoms with Crippen LogP contribution in [0.25, 0.3) is 0 Å². The van der Waals surface area contributed by atoms with Crippen molar-refractivity contribution in [3.63, 3.8) is 0 Å². The summed E-state index contributed by atoms with van der Waals surface area (Å²) < 4.78 is 0. The lowest BCUT2D eigenvalue weighted by molar-refractivity contribution is 0.0697. The number of hydrogen-bond donors (Lipinski definition) is 1. The van der Waals surface area contributed by atoms with Gasteiger partial charge >= 0.3 is 0 Å². The molecule has 92 valence electrons. The van der Waals surface area contributed by atoms with E-state index in [9.17, 15) is 0 Å². The largest absolute Gasteiger partial charge is 0.314 e. The fourth-order valence-electron chi connectivity index (χ4n) is 2.62. The van der Waals surface area contributed by atoms with E-state index in [2.05, 4.69) is 43.8 Å². The second-order valence-corrected chi connectivity index (χ2v) is 5.42. The lowest BCUT2D eigenvalue weighted by Crippen LogP contribution is -2.55. The molecular weight excluding hydrogens is 196 g/mol. The van der Waals surface area contributed by atoms with Crippen molar-refractivity contribution in [2.45, 2.75) is 64.6 Å². The van der Waals surface area contributed by atoms with Crippen molar-refractivity contribution in [3.8, 4) is 12.3 Å². The predicted molar refractivity (Wildman–Crippen MR) is 70.4 cm³/mol. The maximum atomic E-state index is 5.61. The highest BCUT2D eigenvalue weighted by atomic mass is 15.2. The monoisotopic (exact) mass is 222 g/mol. The zero-order chi connectivity index (χ0) is 12.2. The molecule has 1 fully saturated rings. The number of nitrogens with zero attached hydrogens (tertiary/aromatic N) is 1. The van der Waals surface area contributed by atoms with E-state index >= 15 is 0 Å². The van der Waals surface area contributed by atoms with E-state index in [0.29, 0.717) is 12.1 Å². The summed E-state index contributed by atoms with van der Waals surface area (Å²) in [5.41, 5.74) is -0.102. The van der Waals surface area contributed by atoms with Crippen molar-refractivity contribution in [1.82, 2.24) is 10.2 Å². The molecule has 2 heteroatoms. The average Bonchev–Trinajstić information content (AvgIpc) is 2.26. The van der Waals surface area contributed by atoms with Gasteiger partial charge in [-0.3, -0.25) is 4.90 Å². The molecule has 16 heavy (non-hydrogen) atoms. The molecule has 2 nitrogen and oxygen atoms in total. The molecule has 2 atom stereocenters. The summed E-state index contributed by atoms with van der Waals surface area (Å²) >= 11 is 0. The van der Waals surface area contributed by atoms with E-state index in [4.69, 9.17) is 6.42 Å². The third-order valence-electron chi connectivity index (χ3n) is 3.63. The molecule has 1 aliphatic rings. The summed E-state index contributed by atoms with van der Waals surface area (Å²) in [7, 11) is 0. The van der Waals surface area contributed by atoms with E-state index in [1.165, 1.54) is 19.3 Å². The van der Waals surface area contributed by atoms with E-state index in [1.54, 1.807) is 0 Å². The molecule has 1 rings (SSSR count). The van der Waals surface area contributed by atoms with E-state index in [-0.39, 0.29) is 5.54 Å². The van der Waals surface area contributed by atoms with E-state index < -0.39 is 0 Å². The van der Waals surface area contributed by atoms with Crippen LogP contribution in [0.3, 0.4) is 0 Å². The van der Waals surface area contributed by atoms with Gasteiger partial charge in [0.25, 0.3) is 0 Å². The second-order valence-electron chi connectivity index (χ2n) is 5.42. The first-order valence-corrected chi connectivity index (χ1v) is 6.49. The van der Waals surface area contributed by atoms with Crippen LogP contribution in [0.4, 0.5) is 0 Å². The van der Waals surface area contributed by atoms with Crippen molar-refractivity contribution in [1.29, 1.82) is 0 Å². The van der Waals surface area contributed by atoms with Crippen molar-refractivity contribution < 1.29 is 0 Å². The van der Waals surface area contributed by atoms with Gasteiger partial charge in [-0.15, -0.1) is 6.42 Å². The van der Waals surface area contributed by atoms with Crippen molar-refractivity contribution in [3.05, 3.63) is 0 Å². The second kappa shape index (κ2) is 5.70. The quantitative estimate of drug-likeness (QED) is 0.734. The number of terminal acetylenes is 1. The molecule has 1 N–H and O–H groups in total. The Hall–Kier alpha value is -0.520. The van der Waals surface area contributed by atoms with Gasteiger partial charge in [0.2, 0.25) is 0 Å². The molecule has 0 radical (unpaired) electrons. The molecule has 0 amide bonds. The van der Waals surface area contributed by atoms with Crippen molar-refractivity contribution in [2.75, 3.05) is 13.1 Å². The lowest BCUT2D eigenvalue weighted by Gasteiger charge is -2.45. The summed E-state index contributed by atoms with van der Waals surface area (Å²) in [6.45, 7) is 11.0. The zero-order valence-corrected chi connectivity index (χ0v) is 11.2. The number of piperidine rings is 1. The Morgan fingerprint density at radius 1 is 1.50 bits per heavy atom. The lowest BCUT2D eigenvalue weighted by atomic mass is 9.92. The van der Waals surface area contributed by atoms with Crippen LogP contribution >= 0.6 is 0 Å². The van der Waals surface area contributed by atoms with Gasteiger partial charge in [0.15, 0.2) is 0 Å². The third-order valence-corrected chi connectivity index (χ3v) is 3.63. The van der Waals surface area contributed by atoms with Gasteiger partial charge in [-0.25, -0.2) is 0 Å². The Morgan fingerprint density at radius 2 is 2.19 bits per heavy atom. The molecule has 0 saturated carbocycles. The Labute approximate surface area is 101 Å². The summed E-state index contributed by atoms with van der Waals surface area (Å²) in [6.07, 6.45) is 9.25. The highest BCUT2D eigenvalue weighted by Gasteiger charge is 2.33. The summed E-state index contributed by atoms with van der Waals surface area (Å²) in [5, 5.41) is 3.61. The molecule has 1 heterocycles. The van der Waals surface area contributed by atoms with Crippen LogP contribution in [0.2, 0.25) is 0 Å². The Balaban J connectivity index is 2.50. The Kier molecular flexibility index (Phi) is 4.83. The van der Waals surface area contributed by atoms with Crippen LogP contribution in [0.1, 0.15) is 47.0 Å². The third kappa shape index (κ3) is 3.23. The minimum absolute atomic E-state index is 0.102. The zero-order valence-electron chi connectivity index (χ0n) is 11.2. The van der Waals surface area contributed by atoms with Gasteiger partial charge in [-0.05, 0) is 46.6 Å². The normalized spacial score (nSPS) is 27.7. The van der Waals surface area contributed by atoms with Gasteiger partial charge in [0.1, 0.15) is 0 Å². The minimum atomic E-state index is -0.102. The molecule has 0 aromatic heterocycles. The predicted octanol–water partition coefficient (Wildman–Crippen LogP) is 2.25. The van der Waals surface area contributed by atoms with Gasteiger partial charge in [0.05, 0.1) is 5.54 Å². The minimum Gasteiger partial charge on any atom is -0.314 e. The molecule has 0 aromatic carbocycles. The summed E-state index contributed by atoms with van der Waals surface area (Å²) in [5.74, 6) is 2.90. The Bertz CT molecular complexity index is 252.